The fourth-order valence-electron chi connectivity index (χ4n) is 2.02. The molecule has 0 aromatic heterocycles. The van der Waals surface area contributed by atoms with Crippen molar-refractivity contribution in [1.82, 2.24) is 5.32 Å². The lowest BCUT2D eigenvalue weighted by Crippen LogP contribution is -2.39. The van der Waals surface area contributed by atoms with E-state index in [0.29, 0.717) is 18.6 Å². The van der Waals surface area contributed by atoms with E-state index in [0.717, 1.165) is 6.42 Å². The zero-order chi connectivity index (χ0) is 14.3. The van der Waals surface area contributed by atoms with Crippen molar-refractivity contribution < 1.29 is 13.9 Å². The summed E-state index contributed by atoms with van der Waals surface area (Å²) in [5, 5.41) is 3.15. The van der Waals surface area contributed by atoms with Crippen LogP contribution < -0.4 is 5.32 Å². The number of esters is 1. The van der Waals surface area contributed by atoms with Crippen LogP contribution in [0.4, 0.5) is 4.39 Å². The number of carbonyl (C=O) groups excluding carboxylic acids is 1. The number of hydrogen-bond donors (Lipinski definition) is 1. The van der Waals surface area contributed by atoms with Gasteiger partial charge in [0.1, 0.15) is 11.9 Å². The van der Waals surface area contributed by atoms with Gasteiger partial charge in [-0.05, 0) is 26.3 Å². The molecule has 0 saturated carbocycles. The summed E-state index contributed by atoms with van der Waals surface area (Å²) in [6.07, 6.45) is 1.54. The highest BCUT2D eigenvalue weighted by molar-refractivity contribution is 5.75. The van der Waals surface area contributed by atoms with Crippen LogP contribution in [0.1, 0.15) is 45.2 Å². The van der Waals surface area contributed by atoms with Crippen LogP contribution in [-0.2, 0) is 9.53 Å². The minimum atomic E-state index is -0.389. The highest BCUT2D eigenvalue weighted by Gasteiger charge is 2.22. The summed E-state index contributed by atoms with van der Waals surface area (Å²) in [6, 6.07) is 5.96. The summed E-state index contributed by atoms with van der Waals surface area (Å²) >= 11 is 0. The summed E-state index contributed by atoms with van der Waals surface area (Å²) in [5.74, 6) is -0.533. The maximum absolute atomic E-state index is 13.7. The Morgan fingerprint density at radius 1 is 1.37 bits per heavy atom. The van der Waals surface area contributed by atoms with Gasteiger partial charge in [-0.15, -0.1) is 0 Å². The van der Waals surface area contributed by atoms with Crippen LogP contribution in [0.15, 0.2) is 24.3 Å². The number of halogens is 1. The topological polar surface area (TPSA) is 38.3 Å². The molecule has 4 heteroatoms. The Bertz CT molecular complexity index is 409. The van der Waals surface area contributed by atoms with Crippen molar-refractivity contribution in [3.8, 4) is 0 Å². The zero-order valence-electron chi connectivity index (χ0n) is 11.8. The maximum Gasteiger partial charge on any atom is 0.323 e. The first-order valence-corrected chi connectivity index (χ1v) is 6.77. The Labute approximate surface area is 114 Å². The van der Waals surface area contributed by atoms with Gasteiger partial charge in [-0.3, -0.25) is 10.1 Å². The van der Waals surface area contributed by atoms with Crippen molar-refractivity contribution in [3.05, 3.63) is 35.6 Å². The van der Waals surface area contributed by atoms with Crippen molar-refractivity contribution in [1.29, 1.82) is 0 Å². The molecule has 0 aliphatic heterocycles. The van der Waals surface area contributed by atoms with E-state index < -0.39 is 0 Å². The summed E-state index contributed by atoms with van der Waals surface area (Å²) in [4.78, 5) is 11.8. The largest absolute Gasteiger partial charge is 0.465 e. The number of rotatable bonds is 7. The van der Waals surface area contributed by atoms with E-state index in [9.17, 15) is 9.18 Å². The first-order chi connectivity index (χ1) is 9.10. The van der Waals surface area contributed by atoms with Gasteiger partial charge in [0.2, 0.25) is 0 Å². The molecular formula is C15H22FNO2. The van der Waals surface area contributed by atoms with E-state index in [1.807, 2.05) is 13.8 Å². The first kappa shape index (κ1) is 15.6. The van der Waals surface area contributed by atoms with E-state index in [-0.39, 0.29) is 23.9 Å². The van der Waals surface area contributed by atoms with Crippen LogP contribution in [-0.4, -0.2) is 18.6 Å². The predicted molar refractivity (Wildman–Crippen MR) is 73.3 cm³/mol. The standard InChI is InChI=1S/C15H22FNO2/c1-4-8-14(15(18)19-5-2)17-11(3)12-9-6-7-10-13(12)16/h6-7,9-11,14,17H,4-5,8H2,1-3H3. The average Bonchev–Trinajstić information content (AvgIpc) is 2.39. The van der Waals surface area contributed by atoms with Crippen molar-refractivity contribution in [2.45, 2.75) is 45.7 Å². The minimum absolute atomic E-state index is 0.234. The lowest BCUT2D eigenvalue weighted by atomic mass is 10.1. The first-order valence-electron chi connectivity index (χ1n) is 6.77. The molecule has 0 aliphatic rings. The average molecular weight is 267 g/mol. The molecule has 0 spiro atoms. The van der Waals surface area contributed by atoms with Gasteiger partial charge in [-0.2, -0.15) is 0 Å². The van der Waals surface area contributed by atoms with Crippen LogP contribution >= 0.6 is 0 Å². The number of hydrogen-bond acceptors (Lipinski definition) is 3. The van der Waals surface area contributed by atoms with E-state index in [1.165, 1.54) is 6.07 Å². The number of nitrogens with one attached hydrogen (secondary N) is 1. The number of ether oxygens (including phenoxy) is 1. The second kappa shape index (κ2) is 7.89. The summed E-state index contributed by atoms with van der Waals surface area (Å²) in [7, 11) is 0. The fourth-order valence-corrected chi connectivity index (χ4v) is 2.02. The molecule has 3 nitrogen and oxygen atoms in total. The minimum Gasteiger partial charge on any atom is -0.465 e. The normalized spacial score (nSPS) is 13.9. The highest BCUT2D eigenvalue weighted by atomic mass is 19.1. The van der Waals surface area contributed by atoms with Crippen LogP contribution in [0.2, 0.25) is 0 Å². The molecule has 2 atom stereocenters. The molecule has 0 radical (unpaired) electrons. The quantitative estimate of drug-likeness (QED) is 0.771. The highest BCUT2D eigenvalue weighted by Crippen LogP contribution is 2.17. The second-order valence-electron chi connectivity index (χ2n) is 4.50. The van der Waals surface area contributed by atoms with Crippen LogP contribution in [0.25, 0.3) is 0 Å². The molecular weight excluding hydrogens is 245 g/mol. The van der Waals surface area contributed by atoms with E-state index in [4.69, 9.17) is 4.74 Å². The third-order valence-corrected chi connectivity index (χ3v) is 2.97. The molecule has 0 heterocycles. The lowest BCUT2D eigenvalue weighted by molar-refractivity contribution is -0.146. The Kier molecular flexibility index (Phi) is 6.50. The Balaban J connectivity index is 2.73. The molecule has 1 N–H and O–H groups in total. The molecule has 19 heavy (non-hydrogen) atoms. The molecule has 106 valence electrons. The van der Waals surface area contributed by atoms with E-state index in [1.54, 1.807) is 25.1 Å². The Morgan fingerprint density at radius 2 is 2.05 bits per heavy atom. The van der Waals surface area contributed by atoms with Crippen LogP contribution in [0.5, 0.6) is 0 Å². The SMILES string of the molecule is CCCC(NC(C)c1ccccc1F)C(=O)OCC. The Hall–Kier alpha value is -1.42. The summed E-state index contributed by atoms with van der Waals surface area (Å²) in [5.41, 5.74) is 0.563. The van der Waals surface area contributed by atoms with Gasteiger partial charge in [0.25, 0.3) is 0 Å². The predicted octanol–water partition coefficient (Wildman–Crippen LogP) is 3.21. The van der Waals surface area contributed by atoms with Gasteiger partial charge in [0, 0.05) is 11.6 Å². The number of carbonyl (C=O) groups is 1. The van der Waals surface area contributed by atoms with Gasteiger partial charge >= 0.3 is 5.97 Å². The molecule has 1 rings (SSSR count). The molecule has 2 unspecified atom stereocenters. The maximum atomic E-state index is 13.7. The monoisotopic (exact) mass is 267 g/mol. The second-order valence-corrected chi connectivity index (χ2v) is 4.50. The smallest absolute Gasteiger partial charge is 0.323 e. The summed E-state index contributed by atoms with van der Waals surface area (Å²) < 4.78 is 18.7. The van der Waals surface area contributed by atoms with Crippen LogP contribution in [0, 0.1) is 5.82 Å². The zero-order valence-corrected chi connectivity index (χ0v) is 11.8. The van der Waals surface area contributed by atoms with Crippen LogP contribution in [0.3, 0.4) is 0 Å². The molecule has 0 fully saturated rings. The molecule has 0 saturated heterocycles. The molecule has 0 amide bonds. The van der Waals surface area contributed by atoms with Crippen molar-refractivity contribution in [2.75, 3.05) is 6.61 Å². The van der Waals surface area contributed by atoms with Gasteiger partial charge < -0.3 is 4.74 Å². The molecule has 0 bridgehead atoms. The number of benzene rings is 1. The van der Waals surface area contributed by atoms with Crippen molar-refractivity contribution in [2.24, 2.45) is 0 Å². The van der Waals surface area contributed by atoms with Crippen molar-refractivity contribution >= 4 is 5.97 Å². The van der Waals surface area contributed by atoms with E-state index >= 15 is 0 Å². The van der Waals surface area contributed by atoms with E-state index in [2.05, 4.69) is 5.32 Å². The van der Waals surface area contributed by atoms with Gasteiger partial charge in [0.05, 0.1) is 6.61 Å². The fraction of sp³-hybridized carbons (Fsp3) is 0.533. The van der Waals surface area contributed by atoms with Gasteiger partial charge in [-0.1, -0.05) is 31.5 Å². The molecule has 1 aromatic rings. The van der Waals surface area contributed by atoms with Crippen molar-refractivity contribution in [3.63, 3.8) is 0 Å². The molecule has 1 aromatic carbocycles. The van der Waals surface area contributed by atoms with Gasteiger partial charge in [0.15, 0.2) is 0 Å². The third-order valence-electron chi connectivity index (χ3n) is 2.97. The van der Waals surface area contributed by atoms with Gasteiger partial charge in [-0.25, -0.2) is 4.39 Å². The molecule has 0 aliphatic carbocycles. The Morgan fingerprint density at radius 3 is 2.63 bits per heavy atom. The third kappa shape index (κ3) is 4.63. The summed E-state index contributed by atoms with van der Waals surface area (Å²) in [6.45, 7) is 5.98. The lowest BCUT2D eigenvalue weighted by Gasteiger charge is -2.22.